The Morgan fingerprint density at radius 2 is 1.84 bits per heavy atom. The summed E-state index contributed by atoms with van der Waals surface area (Å²) in [5.41, 5.74) is 1.42. The second-order valence-corrected chi connectivity index (χ2v) is 8.35. The Bertz CT molecular complexity index is 459. The van der Waals surface area contributed by atoms with Crippen molar-refractivity contribution in [3.8, 4) is 0 Å². The number of rotatable bonds is 5. The Labute approximate surface area is 127 Å². The fraction of sp³-hybridized carbons (Fsp3) is 0.500. The van der Waals surface area contributed by atoms with Gasteiger partial charge in [0.1, 0.15) is 0 Å². The maximum Gasteiger partial charge on any atom is 0.255 e. The molecular formula is C14H21Cl2NOSi. The highest BCUT2D eigenvalue weighted by molar-refractivity contribution is 6.73. The number of nitrogens with zero attached hydrogens (tertiary/aromatic N) is 1. The highest BCUT2D eigenvalue weighted by atomic mass is 35.5. The molecule has 0 aliphatic carbocycles. The lowest BCUT2D eigenvalue weighted by atomic mass is 10.1. The second-order valence-electron chi connectivity index (χ2n) is 4.77. The first-order valence-corrected chi connectivity index (χ1v) is 10.4. The van der Waals surface area contributed by atoms with Crippen LogP contribution in [0.5, 0.6) is 0 Å². The summed E-state index contributed by atoms with van der Waals surface area (Å²) in [6.45, 7) is 9.70. The summed E-state index contributed by atoms with van der Waals surface area (Å²) in [5, 5.41) is 1.74. The molecule has 0 aliphatic rings. The lowest BCUT2D eigenvalue weighted by Gasteiger charge is -2.22. The number of alkyl halides is 1. The van der Waals surface area contributed by atoms with E-state index in [1.807, 2.05) is 26.0 Å². The minimum Gasteiger partial charge on any atom is -0.339 e. The van der Waals surface area contributed by atoms with E-state index in [0.717, 1.165) is 10.8 Å². The molecule has 19 heavy (non-hydrogen) atoms. The van der Waals surface area contributed by atoms with Crippen LogP contribution in [0, 0.1) is 0 Å². The molecule has 0 unspecified atom stereocenters. The first kappa shape index (κ1) is 16.5. The molecular weight excluding hydrogens is 297 g/mol. The number of carbonyl (C=O) groups is 1. The van der Waals surface area contributed by atoms with Gasteiger partial charge in [-0.1, -0.05) is 36.8 Å². The Morgan fingerprint density at radius 3 is 2.26 bits per heavy atom. The number of hydrogen-bond acceptors (Lipinski definition) is 1. The largest absolute Gasteiger partial charge is 0.339 e. The topological polar surface area (TPSA) is 20.3 Å². The third-order valence-electron chi connectivity index (χ3n) is 3.29. The van der Waals surface area contributed by atoms with Crippen molar-refractivity contribution in [2.24, 2.45) is 0 Å². The molecule has 1 aromatic carbocycles. The predicted molar refractivity (Wildman–Crippen MR) is 86.8 cm³/mol. The molecule has 0 bridgehead atoms. The zero-order chi connectivity index (χ0) is 14.6. The standard InChI is InChI=1S/C14H21Cl2NOSi/c1-5-17(6-2)14(18)12-10(9-15)7-8-11(13(12)16)19(3)4/h7-8,19H,5-6,9H2,1-4H3. The quantitative estimate of drug-likeness (QED) is 0.603. The Kier molecular flexibility index (Phi) is 6.37. The van der Waals surface area contributed by atoms with E-state index in [2.05, 4.69) is 13.1 Å². The van der Waals surface area contributed by atoms with Gasteiger partial charge in [0.05, 0.1) is 19.4 Å². The molecule has 1 amide bonds. The molecule has 0 radical (unpaired) electrons. The average molecular weight is 318 g/mol. The van der Waals surface area contributed by atoms with Crippen molar-refractivity contribution in [2.75, 3.05) is 13.1 Å². The lowest BCUT2D eigenvalue weighted by molar-refractivity contribution is 0.0772. The summed E-state index contributed by atoms with van der Waals surface area (Å²) in [5.74, 6) is 0.296. The summed E-state index contributed by atoms with van der Waals surface area (Å²) < 4.78 is 0. The van der Waals surface area contributed by atoms with E-state index in [1.165, 1.54) is 0 Å². The fourth-order valence-electron chi connectivity index (χ4n) is 2.09. The molecule has 0 N–H and O–H groups in total. The van der Waals surface area contributed by atoms with Crippen LogP contribution in [0.2, 0.25) is 18.1 Å². The van der Waals surface area contributed by atoms with Crippen molar-refractivity contribution in [1.82, 2.24) is 4.90 Å². The van der Waals surface area contributed by atoms with E-state index in [9.17, 15) is 4.79 Å². The van der Waals surface area contributed by atoms with Gasteiger partial charge in [0.25, 0.3) is 5.91 Å². The second kappa shape index (κ2) is 7.32. The van der Waals surface area contributed by atoms with E-state index in [4.69, 9.17) is 23.2 Å². The zero-order valence-corrected chi connectivity index (χ0v) is 14.6. The third-order valence-corrected chi connectivity index (χ3v) is 5.89. The van der Waals surface area contributed by atoms with Crippen LogP contribution in [0.4, 0.5) is 0 Å². The normalized spacial score (nSPS) is 10.9. The monoisotopic (exact) mass is 317 g/mol. The van der Waals surface area contributed by atoms with E-state index in [1.54, 1.807) is 4.90 Å². The molecule has 106 valence electrons. The van der Waals surface area contributed by atoms with E-state index in [0.29, 0.717) is 29.6 Å². The van der Waals surface area contributed by atoms with E-state index >= 15 is 0 Å². The average Bonchev–Trinajstić information content (AvgIpc) is 2.38. The Morgan fingerprint density at radius 1 is 1.26 bits per heavy atom. The number of benzene rings is 1. The van der Waals surface area contributed by atoms with Crippen molar-refractivity contribution in [1.29, 1.82) is 0 Å². The molecule has 0 heterocycles. The SMILES string of the molecule is CCN(CC)C(=O)c1c(CCl)ccc([SiH](C)C)c1Cl. The molecule has 1 aromatic rings. The molecule has 2 nitrogen and oxygen atoms in total. The molecule has 0 spiro atoms. The van der Waals surface area contributed by atoms with Gasteiger partial charge in [-0.05, 0) is 24.6 Å². The third kappa shape index (κ3) is 3.53. The van der Waals surface area contributed by atoms with Crippen LogP contribution in [0.15, 0.2) is 12.1 Å². The molecule has 0 atom stereocenters. The van der Waals surface area contributed by atoms with Crippen molar-refractivity contribution in [3.05, 3.63) is 28.3 Å². The summed E-state index contributed by atoms with van der Waals surface area (Å²) in [4.78, 5) is 14.4. The Balaban J connectivity index is 3.38. The zero-order valence-electron chi connectivity index (χ0n) is 12.0. The number of carbonyl (C=O) groups excluding carboxylic acids is 1. The van der Waals surface area contributed by atoms with Gasteiger partial charge in [0, 0.05) is 19.0 Å². The molecule has 0 fully saturated rings. The number of hydrogen-bond donors (Lipinski definition) is 0. The van der Waals surface area contributed by atoms with Crippen LogP contribution < -0.4 is 5.19 Å². The van der Waals surface area contributed by atoms with Gasteiger partial charge in [-0.3, -0.25) is 4.79 Å². The molecule has 5 heteroatoms. The molecule has 0 aromatic heterocycles. The fourth-order valence-corrected chi connectivity index (χ4v) is 4.36. The van der Waals surface area contributed by atoms with Crippen molar-refractivity contribution < 1.29 is 4.79 Å². The van der Waals surface area contributed by atoms with Crippen LogP contribution >= 0.6 is 23.2 Å². The first-order valence-electron chi connectivity index (χ1n) is 6.64. The minimum absolute atomic E-state index is 0.0119. The summed E-state index contributed by atoms with van der Waals surface area (Å²) >= 11 is 12.4. The summed E-state index contributed by atoms with van der Waals surface area (Å²) in [6, 6.07) is 3.97. The lowest BCUT2D eigenvalue weighted by Crippen LogP contribution is -2.34. The maximum atomic E-state index is 12.6. The molecule has 1 rings (SSSR count). The molecule has 0 saturated heterocycles. The van der Waals surface area contributed by atoms with E-state index < -0.39 is 8.80 Å². The number of amides is 1. The van der Waals surface area contributed by atoms with Crippen LogP contribution in [0.1, 0.15) is 29.8 Å². The van der Waals surface area contributed by atoms with Crippen LogP contribution in [-0.4, -0.2) is 32.7 Å². The smallest absolute Gasteiger partial charge is 0.255 e. The van der Waals surface area contributed by atoms with Gasteiger partial charge in [-0.25, -0.2) is 0 Å². The van der Waals surface area contributed by atoms with Gasteiger partial charge in [-0.2, -0.15) is 0 Å². The van der Waals surface area contributed by atoms with Gasteiger partial charge in [-0.15, -0.1) is 11.6 Å². The summed E-state index contributed by atoms with van der Waals surface area (Å²) in [6.07, 6.45) is 0. The maximum absolute atomic E-state index is 12.6. The van der Waals surface area contributed by atoms with Crippen molar-refractivity contribution >= 4 is 43.1 Å². The minimum atomic E-state index is -1.06. The Hall–Kier alpha value is -0.513. The van der Waals surface area contributed by atoms with Crippen LogP contribution in [0.3, 0.4) is 0 Å². The highest BCUT2D eigenvalue weighted by Gasteiger charge is 2.22. The summed E-state index contributed by atoms with van der Waals surface area (Å²) in [7, 11) is -1.06. The molecule has 0 saturated carbocycles. The molecule has 0 aliphatic heterocycles. The van der Waals surface area contributed by atoms with Gasteiger partial charge in [0.2, 0.25) is 0 Å². The predicted octanol–water partition coefficient (Wildman–Crippen LogP) is 3.25. The van der Waals surface area contributed by atoms with Crippen molar-refractivity contribution in [3.63, 3.8) is 0 Å². The van der Waals surface area contributed by atoms with E-state index in [-0.39, 0.29) is 5.91 Å². The van der Waals surface area contributed by atoms with Crippen LogP contribution in [0.25, 0.3) is 0 Å². The van der Waals surface area contributed by atoms with Crippen molar-refractivity contribution in [2.45, 2.75) is 32.8 Å². The van der Waals surface area contributed by atoms with Gasteiger partial charge in [0.15, 0.2) is 0 Å². The van der Waals surface area contributed by atoms with Crippen LogP contribution in [-0.2, 0) is 5.88 Å². The number of halogens is 2. The highest BCUT2D eigenvalue weighted by Crippen LogP contribution is 2.22. The van der Waals surface area contributed by atoms with Gasteiger partial charge >= 0.3 is 0 Å². The first-order chi connectivity index (χ1) is 8.97. The van der Waals surface area contributed by atoms with Gasteiger partial charge < -0.3 is 4.90 Å².